The highest BCUT2D eigenvalue weighted by molar-refractivity contribution is 14.1. The zero-order valence-electron chi connectivity index (χ0n) is 14.7. The third-order valence-electron chi connectivity index (χ3n) is 3.92. The summed E-state index contributed by atoms with van der Waals surface area (Å²) in [5.74, 6) is -1.37. The molecule has 27 heavy (non-hydrogen) atoms. The maximum Gasteiger partial charge on any atom is 0.333 e. The van der Waals surface area contributed by atoms with E-state index < -0.39 is 27.0 Å². The molecule has 1 saturated heterocycles. The second-order valence-electron chi connectivity index (χ2n) is 6.08. The fourth-order valence-electron chi connectivity index (χ4n) is 2.60. The van der Waals surface area contributed by atoms with Gasteiger partial charge in [-0.1, -0.05) is 29.2 Å². The molecule has 2 amide bonds. The van der Waals surface area contributed by atoms with Gasteiger partial charge in [0.2, 0.25) is 11.8 Å². The minimum Gasteiger partial charge on any atom is -0.459 e. The second kappa shape index (κ2) is 8.46. The Hall–Kier alpha value is -2.50. The third-order valence-corrected chi connectivity index (χ3v) is 5.24. The molecule has 2 rings (SSSR count). The van der Waals surface area contributed by atoms with Crippen molar-refractivity contribution >= 4 is 46.1 Å². The summed E-state index contributed by atoms with van der Waals surface area (Å²) in [6, 6.07) is 3.96. The quantitative estimate of drug-likeness (QED) is 0.0915. The molecule has 0 aromatic heterocycles. The number of nitro groups is 1. The van der Waals surface area contributed by atoms with Gasteiger partial charge in [-0.15, -0.1) is 0 Å². The molecule has 144 valence electrons. The Balaban J connectivity index is 2.03. The number of ether oxygens (including phenoxy) is 1. The first-order chi connectivity index (χ1) is 12.6. The van der Waals surface area contributed by atoms with Crippen molar-refractivity contribution in [2.24, 2.45) is 0 Å². The Kier molecular flexibility index (Phi) is 6.52. The molecular formula is C17H18IN3O6. The van der Waals surface area contributed by atoms with Gasteiger partial charge in [0, 0.05) is 19.1 Å². The Bertz CT molecular complexity index is 794. The predicted octanol–water partition coefficient (Wildman–Crippen LogP) is 1.69. The van der Waals surface area contributed by atoms with E-state index in [2.05, 4.69) is 11.9 Å². The van der Waals surface area contributed by atoms with Crippen molar-refractivity contribution in [3.63, 3.8) is 0 Å². The van der Waals surface area contributed by atoms with Crippen molar-refractivity contribution in [1.82, 2.24) is 10.2 Å². The number of hydrogen-bond acceptors (Lipinski definition) is 6. The molecule has 3 atom stereocenters. The molecule has 1 fully saturated rings. The van der Waals surface area contributed by atoms with E-state index in [1.807, 2.05) is 22.6 Å². The Labute approximate surface area is 169 Å². The van der Waals surface area contributed by atoms with Crippen molar-refractivity contribution in [3.8, 4) is 0 Å². The smallest absolute Gasteiger partial charge is 0.333 e. The summed E-state index contributed by atoms with van der Waals surface area (Å²) in [5, 5.41) is 13.2. The fraction of sp³-hybridized carbons (Fsp3) is 0.353. The van der Waals surface area contributed by atoms with Crippen LogP contribution >= 0.6 is 22.6 Å². The molecule has 0 saturated carbocycles. The first kappa shape index (κ1) is 20.8. The molecule has 1 aliphatic heterocycles. The van der Waals surface area contributed by atoms with Crippen LogP contribution in [-0.4, -0.2) is 43.7 Å². The highest BCUT2D eigenvalue weighted by Crippen LogP contribution is 2.31. The number of non-ortho nitro benzene ring substituents is 1. The molecule has 1 heterocycles. The average Bonchev–Trinajstić information content (AvgIpc) is 2.61. The lowest BCUT2D eigenvalue weighted by atomic mass is 10.00. The van der Waals surface area contributed by atoms with Crippen LogP contribution in [0.25, 0.3) is 0 Å². The van der Waals surface area contributed by atoms with Crippen LogP contribution in [0.15, 0.2) is 36.4 Å². The van der Waals surface area contributed by atoms with Gasteiger partial charge >= 0.3 is 5.97 Å². The molecule has 0 radical (unpaired) electrons. The van der Waals surface area contributed by atoms with Gasteiger partial charge in [-0.05, 0) is 30.2 Å². The minimum atomic E-state index is -0.970. The van der Waals surface area contributed by atoms with Crippen molar-refractivity contribution in [1.29, 1.82) is 0 Å². The summed E-state index contributed by atoms with van der Waals surface area (Å²) in [6.45, 7) is 6.59. The number of carbonyl (C=O) groups excluding carboxylic acids is 3. The highest BCUT2D eigenvalue weighted by Gasteiger charge is 2.52. The number of likely N-dealkylation sites (tertiary alicyclic amines) is 1. The summed E-state index contributed by atoms with van der Waals surface area (Å²) < 4.78 is 4.86. The number of nitrogens with one attached hydrogen (secondary N) is 1. The van der Waals surface area contributed by atoms with Gasteiger partial charge in [0.1, 0.15) is 16.7 Å². The Morgan fingerprint density at radius 1 is 1.37 bits per heavy atom. The fourth-order valence-corrected chi connectivity index (χ4v) is 3.68. The van der Waals surface area contributed by atoms with Gasteiger partial charge in [-0.2, -0.15) is 0 Å². The third kappa shape index (κ3) is 4.62. The molecule has 1 N–H and O–H groups in total. The van der Waals surface area contributed by atoms with Gasteiger partial charge in [0.15, 0.2) is 6.04 Å². The monoisotopic (exact) mass is 487 g/mol. The maximum atomic E-state index is 12.5. The summed E-state index contributed by atoms with van der Waals surface area (Å²) in [6.07, 6.45) is 0. The molecule has 1 aliphatic rings. The molecule has 0 aliphatic carbocycles. The van der Waals surface area contributed by atoms with E-state index in [4.69, 9.17) is 4.74 Å². The number of rotatable bonds is 7. The molecule has 0 bridgehead atoms. The number of halogens is 1. The van der Waals surface area contributed by atoms with Crippen molar-refractivity contribution in [2.75, 3.05) is 0 Å². The minimum absolute atomic E-state index is 0.0622. The first-order valence-electron chi connectivity index (χ1n) is 7.92. The molecule has 0 spiro atoms. The lowest BCUT2D eigenvalue weighted by molar-refractivity contribution is -0.384. The summed E-state index contributed by atoms with van der Waals surface area (Å²) >= 11 is 1.98. The molecule has 3 unspecified atom stereocenters. The van der Waals surface area contributed by atoms with Gasteiger partial charge in [0.05, 0.1) is 4.92 Å². The standard InChI is InChI=1S/C17H18IN3O6/c1-9(2)14(20-15(18)13(16(20)23)19-10(3)22)17(24)27-8-11-4-6-12(7-5-11)21(25)26/h4-7,13-15H,1,8H2,2-3H3,(H,19,22). The summed E-state index contributed by atoms with van der Waals surface area (Å²) in [7, 11) is 0. The number of amides is 2. The van der Waals surface area contributed by atoms with Crippen LogP contribution in [0.3, 0.4) is 0 Å². The number of esters is 1. The number of hydrogen-bond donors (Lipinski definition) is 1. The number of alkyl halides is 1. The number of nitrogens with zero attached hydrogens (tertiary/aromatic N) is 2. The molecule has 9 nitrogen and oxygen atoms in total. The molecule has 10 heteroatoms. The Morgan fingerprint density at radius 3 is 2.41 bits per heavy atom. The van der Waals surface area contributed by atoms with E-state index in [-0.39, 0.29) is 24.1 Å². The van der Waals surface area contributed by atoms with E-state index >= 15 is 0 Å². The molecular weight excluding hydrogens is 469 g/mol. The van der Waals surface area contributed by atoms with E-state index in [1.165, 1.54) is 36.1 Å². The van der Waals surface area contributed by atoms with Crippen LogP contribution in [0.1, 0.15) is 19.4 Å². The number of carbonyl (C=O) groups is 3. The lowest BCUT2D eigenvalue weighted by Crippen LogP contribution is -2.71. The van der Waals surface area contributed by atoms with Crippen LogP contribution in [0, 0.1) is 10.1 Å². The largest absolute Gasteiger partial charge is 0.459 e. The zero-order chi connectivity index (χ0) is 20.3. The van der Waals surface area contributed by atoms with E-state index in [9.17, 15) is 24.5 Å². The van der Waals surface area contributed by atoms with E-state index in [1.54, 1.807) is 6.92 Å². The van der Waals surface area contributed by atoms with Crippen molar-refractivity contribution in [2.45, 2.75) is 36.6 Å². The number of benzene rings is 1. The van der Waals surface area contributed by atoms with E-state index in [0.717, 1.165) is 0 Å². The highest BCUT2D eigenvalue weighted by atomic mass is 127. The number of β-lactam (4-membered cyclic amide) rings is 1. The lowest BCUT2D eigenvalue weighted by Gasteiger charge is -2.47. The second-order valence-corrected chi connectivity index (χ2v) is 7.35. The van der Waals surface area contributed by atoms with Gasteiger partial charge in [-0.25, -0.2) is 4.79 Å². The van der Waals surface area contributed by atoms with Crippen LogP contribution in [-0.2, 0) is 25.7 Å². The summed E-state index contributed by atoms with van der Waals surface area (Å²) in [4.78, 5) is 47.5. The topological polar surface area (TPSA) is 119 Å². The normalized spacial score (nSPS) is 19.7. The van der Waals surface area contributed by atoms with E-state index in [0.29, 0.717) is 11.1 Å². The van der Waals surface area contributed by atoms with Gasteiger partial charge < -0.3 is 15.0 Å². The van der Waals surface area contributed by atoms with Crippen LogP contribution in [0.4, 0.5) is 5.69 Å². The van der Waals surface area contributed by atoms with Crippen molar-refractivity contribution in [3.05, 3.63) is 52.1 Å². The number of nitro benzene ring substituents is 1. The van der Waals surface area contributed by atoms with Crippen LogP contribution in [0.2, 0.25) is 0 Å². The van der Waals surface area contributed by atoms with Gasteiger partial charge in [0.25, 0.3) is 5.69 Å². The summed E-state index contributed by atoms with van der Waals surface area (Å²) in [5.41, 5.74) is 0.944. The average molecular weight is 487 g/mol. The molecule has 1 aromatic carbocycles. The first-order valence-corrected chi connectivity index (χ1v) is 9.16. The maximum absolute atomic E-state index is 12.5. The SMILES string of the molecule is C=C(C)C(C(=O)OCc1ccc([N+](=O)[O-])cc1)N1C(=O)C(NC(C)=O)C1I. The van der Waals surface area contributed by atoms with Crippen LogP contribution < -0.4 is 5.32 Å². The van der Waals surface area contributed by atoms with Crippen LogP contribution in [0.5, 0.6) is 0 Å². The Morgan fingerprint density at radius 2 is 1.96 bits per heavy atom. The van der Waals surface area contributed by atoms with Crippen molar-refractivity contribution < 1.29 is 24.0 Å². The zero-order valence-corrected chi connectivity index (χ0v) is 16.8. The molecule has 1 aromatic rings. The predicted molar refractivity (Wildman–Crippen MR) is 104 cm³/mol. The van der Waals surface area contributed by atoms with Gasteiger partial charge in [-0.3, -0.25) is 19.7 Å².